The van der Waals surface area contributed by atoms with Crippen molar-refractivity contribution >= 4 is 23.5 Å². The van der Waals surface area contributed by atoms with Gasteiger partial charge in [0, 0.05) is 9.79 Å². The van der Waals surface area contributed by atoms with Crippen molar-refractivity contribution in [3.05, 3.63) is 23.8 Å². The van der Waals surface area contributed by atoms with E-state index in [1.807, 2.05) is 23.5 Å². The molecule has 0 aliphatic rings. The van der Waals surface area contributed by atoms with Gasteiger partial charge in [-0.3, -0.25) is 0 Å². The second-order valence-electron chi connectivity index (χ2n) is 5.28. The predicted molar refractivity (Wildman–Crippen MR) is 96.3 cm³/mol. The molecule has 0 atom stereocenters. The molecule has 0 unspecified atom stereocenters. The van der Waals surface area contributed by atoms with Gasteiger partial charge < -0.3 is 0 Å². The summed E-state index contributed by atoms with van der Waals surface area (Å²) < 4.78 is 0. The molecule has 0 aliphatic carbocycles. The first-order valence-corrected chi connectivity index (χ1v) is 10.2. The van der Waals surface area contributed by atoms with E-state index in [1.54, 1.807) is 0 Å². The van der Waals surface area contributed by atoms with Crippen LogP contribution >= 0.6 is 23.5 Å². The van der Waals surface area contributed by atoms with E-state index in [-0.39, 0.29) is 0 Å². The third-order valence-corrected chi connectivity index (χ3v) is 5.50. The summed E-state index contributed by atoms with van der Waals surface area (Å²) in [7, 11) is 0. The van der Waals surface area contributed by atoms with Crippen LogP contribution in [0.1, 0.15) is 64.9 Å². The Hall–Kier alpha value is -0.0800. The van der Waals surface area contributed by atoms with Gasteiger partial charge in [-0.1, -0.05) is 46.5 Å². The summed E-state index contributed by atoms with van der Waals surface area (Å²) in [6.07, 6.45) is 9.18. The Morgan fingerprint density at radius 2 is 1.20 bits per heavy atom. The third kappa shape index (κ3) is 7.64. The van der Waals surface area contributed by atoms with Crippen LogP contribution in [0.3, 0.4) is 0 Å². The maximum atomic E-state index is 2.40. The first kappa shape index (κ1) is 18.0. The topological polar surface area (TPSA) is 0 Å². The first-order valence-electron chi connectivity index (χ1n) is 8.19. The SMILES string of the molecule is CCCCCSc1cc(CC)cc(SCCCCC)c1. The van der Waals surface area contributed by atoms with Crippen LogP contribution in [0.5, 0.6) is 0 Å². The van der Waals surface area contributed by atoms with Crippen molar-refractivity contribution in [2.45, 2.75) is 75.5 Å². The molecule has 0 amide bonds. The Balaban J connectivity index is 2.51. The van der Waals surface area contributed by atoms with Crippen molar-refractivity contribution < 1.29 is 0 Å². The highest BCUT2D eigenvalue weighted by molar-refractivity contribution is 8.00. The van der Waals surface area contributed by atoms with E-state index in [1.165, 1.54) is 65.4 Å². The highest BCUT2D eigenvalue weighted by Gasteiger charge is 2.02. The molecular weight excluding hydrogens is 280 g/mol. The van der Waals surface area contributed by atoms with Crippen LogP contribution in [0.15, 0.2) is 28.0 Å². The van der Waals surface area contributed by atoms with Crippen molar-refractivity contribution in [2.75, 3.05) is 11.5 Å². The molecule has 1 aromatic rings. The van der Waals surface area contributed by atoms with Gasteiger partial charge in [0.25, 0.3) is 0 Å². The summed E-state index contributed by atoms with van der Waals surface area (Å²) in [5.41, 5.74) is 1.49. The molecular formula is C18H30S2. The van der Waals surface area contributed by atoms with E-state index in [9.17, 15) is 0 Å². The fraction of sp³-hybridized carbons (Fsp3) is 0.667. The predicted octanol–water partition coefficient (Wildman–Crippen LogP) is 6.81. The lowest BCUT2D eigenvalue weighted by Gasteiger charge is -2.08. The molecule has 0 fully saturated rings. The summed E-state index contributed by atoms with van der Waals surface area (Å²) in [5, 5.41) is 0. The number of hydrogen-bond acceptors (Lipinski definition) is 2. The first-order chi connectivity index (χ1) is 9.80. The van der Waals surface area contributed by atoms with E-state index in [2.05, 4.69) is 39.0 Å². The maximum Gasteiger partial charge on any atom is 0.00858 e. The highest BCUT2D eigenvalue weighted by Crippen LogP contribution is 2.28. The average molecular weight is 311 g/mol. The molecule has 1 rings (SSSR count). The minimum absolute atomic E-state index is 1.14. The van der Waals surface area contributed by atoms with Crippen LogP contribution < -0.4 is 0 Å². The van der Waals surface area contributed by atoms with Crippen LogP contribution in [0.4, 0.5) is 0 Å². The molecule has 0 aromatic heterocycles. The van der Waals surface area contributed by atoms with Gasteiger partial charge in [0.1, 0.15) is 0 Å². The van der Waals surface area contributed by atoms with E-state index in [0.717, 1.165) is 6.42 Å². The normalized spacial score (nSPS) is 10.9. The van der Waals surface area contributed by atoms with Gasteiger partial charge in [0.2, 0.25) is 0 Å². The second kappa shape index (κ2) is 11.6. The number of rotatable bonds is 11. The molecule has 2 heteroatoms. The van der Waals surface area contributed by atoms with Crippen LogP contribution in [0.2, 0.25) is 0 Å². The summed E-state index contributed by atoms with van der Waals surface area (Å²) in [5.74, 6) is 2.53. The number of thioether (sulfide) groups is 2. The van der Waals surface area contributed by atoms with E-state index < -0.39 is 0 Å². The molecule has 0 saturated heterocycles. The molecule has 0 aliphatic heterocycles. The minimum atomic E-state index is 1.14. The van der Waals surface area contributed by atoms with Gasteiger partial charge in [0.15, 0.2) is 0 Å². The lowest BCUT2D eigenvalue weighted by molar-refractivity contribution is 0.778. The van der Waals surface area contributed by atoms with Crippen molar-refractivity contribution in [3.8, 4) is 0 Å². The third-order valence-electron chi connectivity index (χ3n) is 3.38. The van der Waals surface area contributed by atoms with Gasteiger partial charge in [-0.2, -0.15) is 0 Å². The van der Waals surface area contributed by atoms with Gasteiger partial charge in [-0.25, -0.2) is 0 Å². The second-order valence-corrected chi connectivity index (χ2v) is 7.61. The fourth-order valence-corrected chi connectivity index (χ4v) is 4.22. The van der Waals surface area contributed by atoms with Gasteiger partial charge >= 0.3 is 0 Å². The lowest BCUT2D eigenvalue weighted by Crippen LogP contribution is -1.87. The Morgan fingerprint density at radius 3 is 1.60 bits per heavy atom. The van der Waals surface area contributed by atoms with Crippen LogP contribution in [-0.2, 0) is 6.42 Å². The minimum Gasteiger partial charge on any atom is -0.126 e. The molecule has 0 saturated carbocycles. The molecule has 0 bridgehead atoms. The largest absolute Gasteiger partial charge is 0.126 e. The summed E-state index contributed by atoms with van der Waals surface area (Å²) in [4.78, 5) is 2.94. The number of unbranched alkanes of at least 4 members (excludes halogenated alkanes) is 4. The van der Waals surface area contributed by atoms with Crippen LogP contribution in [0, 0.1) is 0 Å². The Morgan fingerprint density at radius 1 is 0.700 bits per heavy atom. The maximum absolute atomic E-state index is 2.40. The molecule has 114 valence electrons. The number of hydrogen-bond donors (Lipinski definition) is 0. The summed E-state index contributed by atoms with van der Waals surface area (Å²) >= 11 is 4.07. The van der Waals surface area contributed by atoms with Crippen molar-refractivity contribution in [1.29, 1.82) is 0 Å². The summed E-state index contributed by atoms with van der Waals surface area (Å²) in [6, 6.07) is 7.16. The molecule has 0 N–H and O–H groups in total. The number of aryl methyl sites for hydroxylation is 1. The van der Waals surface area contributed by atoms with Gasteiger partial charge in [-0.05, 0) is 54.5 Å². The Kier molecular flexibility index (Phi) is 10.4. The molecule has 0 spiro atoms. The van der Waals surface area contributed by atoms with E-state index >= 15 is 0 Å². The van der Waals surface area contributed by atoms with Gasteiger partial charge in [0.05, 0.1) is 0 Å². The summed E-state index contributed by atoms with van der Waals surface area (Å²) in [6.45, 7) is 6.80. The standard InChI is InChI=1S/C18H30S2/c1-4-7-9-11-19-17-13-16(6-3)14-18(15-17)20-12-10-8-5-2/h13-15H,4-12H2,1-3H3. The average Bonchev–Trinajstić information content (AvgIpc) is 2.48. The Labute approximate surface area is 134 Å². The van der Waals surface area contributed by atoms with Crippen molar-refractivity contribution in [2.24, 2.45) is 0 Å². The molecule has 0 radical (unpaired) electrons. The van der Waals surface area contributed by atoms with Crippen LogP contribution in [-0.4, -0.2) is 11.5 Å². The monoisotopic (exact) mass is 310 g/mol. The zero-order chi connectivity index (χ0) is 14.6. The zero-order valence-corrected chi connectivity index (χ0v) is 15.0. The molecule has 0 heterocycles. The quantitative estimate of drug-likeness (QED) is 0.325. The van der Waals surface area contributed by atoms with Crippen LogP contribution in [0.25, 0.3) is 0 Å². The Bertz CT molecular complexity index is 330. The molecule has 20 heavy (non-hydrogen) atoms. The molecule has 0 nitrogen and oxygen atoms in total. The smallest absolute Gasteiger partial charge is 0.00858 e. The van der Waals surface area contributed by atoms with E-state index in [0.29, 0.717) is 0 Å². The van der Waals surface area contributed by atoms with Gasteiger partial charge in [-0.15, -0.1) is 23.5 Å². The number of benzene rings is 1. The fourth-order valence-electron chi connectivity index (χ4n) is 2.09. The zero-order valence-electron chi connectivity index (χ0n) is 13.4. The van der Waals surface area contributed by atoms with E-state index in [4.69, 9.17) is 0 Å². The lowest BCUT2D eigenvalue weighted by atomic mass is 10.2. The van der Waals surface area contributed by atoms with Crippen molar-refractivity contribution in [3.63, 3.8) is 0 Å². The molecule has 1 aromatic carbocycles. The highest BCUT2D eigenvalue weighted by atomic mass is 32.2. The van der Waals surface area contributed by atoms with Crippen molar-refractivity contribution in [1.82, 2.24) is 0 Å².